The third kappa shape index (κ3) is 2.33. The number of rotatable bonds is 5. The monoisotopic (exact) mass is 529 g/mol. The Bertz CT molecular complexity index is 1580. The summed E-state index contributed by atoms with van der Waals surface area (Å²) in [5, 5.41) is 0. The number of para-hydroxylation sites is 1. The molecule has 1 aliphatic heterocycles. The summed E-state index contributed by atoms with van der Waals surface area (Å²) in [6.07, 6.45) is 3.82. The lowest BCUT2D eigenvalue weighted by Crippen LogP contribution is -2.41. The van der Waals surface area contributed by atoms with Gasteiger partial charge in [-0.25, -0.2) is 16.8 Å². The number of nitrogens with zero attached hydrogens (tertiary/aromatic N) is 1. The zero-order valence-corrected chi connectivity index (χ0v) is 21.8. The largest absolute Gasteiger partial charge is 0.354 e. The Balaban J connectivity index is 1.42. The number of hydrogen-bond donors (Lipinski definition) is 0. The Hall–Kier alpha value is -2.90. The summed E-state index contributed by atoms with van der Waals surface area (Å²) in [6, 6.07) is 27.0. The van der Waals surface area contributed by atoms with Crippen LogP contribution in [0.2, 0.25) is 0 Å². The minimum Gasteiger partial charge on any atom is -0.354 e. The third-order valence-electron chi connectivity index (χ3n) is 10.1. The van der Waals surface area contributed by atoms with Crippen LogP contribution >= 0.6 is 0 Å². The molecule has 3 aromatic carbocycles. The van der Waals surface area contributed by atoms with Crippen molar-refractivity contribution in [2.75, 3.05) is 4.90 Å². The van der Waals surface area contributed by atoms with Gasteiger partial charge < -0.3 is 4.90 Å². The zero-order chi connectivity index (χ0) is 25.2. The van der Waals surface area contributed by atoms with E-state index in [1.165, 1.54) is 0 Å². The van der Waals surface area contributed by atoms with Gasteiger partial charge in [0.2, 0.25) is 19.7 Å². The molecule has 0 radical (unpaired) electrons. The van der Waals surface area contributed by atoms with Gasteiger partial charge in [0.05, 0.1) is 30.7 Å². The molecule has 6 atom stereocenters. The fraction of sp³-hybridized carbons (Fsp3) is 0.333. The van der Waals surface area contributed by atoms with Crippen molar-refractivity contribution in [1.29, 1.82) is 0 Å². The van der Waals surface area contributed by atoms with Crippen molar-refractivity contribution in [3.05, 3.63) is 101 Å². The highest BCUT2D eigenvalue weighted by Crippen LogP contribution is 2.87. The zero-order valence-electron chi connectivity index (χ0n) is 20.2. The van der Waals surface area contributed by atoms with E-state index < -0.39 is 19.7 Å². The van der Waals surface area contributed by atoms with Gasteiger partial charge in [-0.1, -0.05) is 54.6 Å². The Kier molecular flexibility index (Phi) is 4.15. The molecule has 0 amide bonds. The molecule has 4 fully saturated rings. The highest BCUT2D eigenvalue weighted by Gasteiger charge is 2.95. The van der Waals surface area contributed by atoms with Crippen molar-refractivity contribution in [2.24, 2.45) is 23.7 Å². The maximum atomic E-state index is 14.4. The van der Waals surface area contributed by atoms with Gasteiger partial charge in [0, 0.05) is 17.5 Å². The van der Waals surface area contributed by atoms with E-state index in [2.05, 4.69) is 17.0 Å². The summed E-state index contributed by atoms with van der Waals surface area (Å²) < 4.78 is 57.5. The number of sulfone groups is 2. The van der Waals surface area contributed by atoms with Crippen molar-refractivity contribution >= 4 is 25.4 Å². The van der Waals surface area contributed by atoms with Gasteiger partial charge in [-0.15, -0.1) is 0 Å². The van der Waals surface area contributed by atoms with E-state index in [1.54, 1.807) is 60.7 Å². The van der Waals surface area contributed by atoms with Crippen LogP contribution in [0.4, 0.5) is 5.69 Å². The van der Waals surface area contributed by atoms with Crippen LogP contribution in [0.25, 0.3) is 0 Å². The summed E-state index contributed by atoms with van der Waals surface area (Å²) in [5.74, 6) is 0.114. The molecule has 1 heterocycles. The number of fused-ring (bicyclic) bond motifs is 4. The molecule has 37 heavy (non-hydrogen) atoms. The first-order valence-corrected chi connectivity index (χ1v) is 16.0. The average molecular weight is 530 g/mol. The molecule has 0 N–H and O–H groups in total. The maximum absolute atomic E-state index is 14.4. The molecule has 5 aliphatic rings. The van der Waals surface area contributed by atoms with Crippen LogP contribution in [-0.4, -0.2) is 27.9 Å². The minimum absolute atomic E-state index is 0.161. The summed E-state index contributed by atoms with van der Waals surface area (Å²) in [7, 11) is -8.02. The first-order chi connectivity index (χ1) is 17.9. The Morgan fingerprint density at radius 2 is 0.973 bits per heavy atom. The van der Waals surface area contributed by atoms with Crippen LogP contribution in [0.1, 0.15) is 25.7 Å². The Labute approximate surface area is 217 Å². The van der Waals surface area contributed by atoms with Crippen molar-refractivity contribution in [3.63, 3.8) is 0 Å². The lowest BCUT2D eigenvalue weighted by molar-refractivity contribution is 0.330. The van der Waals surface area contributed by atoms with Gasteiger partial charge in [0.25, 0.3) is 0 Å². The predicted molar refractivity (Wildman–Crippen MR) is 141 cm³/mol. The van der Waals surface area contributed by atoms with Crippen LogP contribution in [0.15, 0.2) is 111 Å². The standard InChI is InChI=1S/C30H27NO4S2/c32-36(33,23-12-6-2-7-13-23)27-25-19-26(28(27)37(34,35)24-14-8-3-9-15-24)30-21-17-16-20(18-21)29(25,30)31(30)22-10-4-1-5-11-22/h1-15,20-21,25-26H,16-19H2. The van der Waals surface area contributed by atoms with E-state index in [9.17, 15) is 16.8 Å². The van der Waals surface area contributed by atoms with Crippen molar-refractivity contribution in [2.45, 2.75) is 46.6 Å². The molecule has 1 saturated heterocycles. The van der Waals surface area contributed by atoms with Gasteiger partial charge in [-0.05, 0) is 73.9 Å². The highest BCUT2D eigenvalue weighted by atomic mass is 32.2. The Morgan fingerprint density at radius 3 is 1.41 bits per heavy atom. The summed E-state index contributed by atoms with van der Waals surface area (Å²) >= 11 is 0. The molecule has 3 aromatic rings. The molecule has 0 spiro atoms. The lowest BCUT2D eigenvalue weighted by atomic mass is 9.73. The van der Waals surface area contributed by atoms with E-state index in [-0.39, 0.29) is 42.5 Å². The molecule has 188 valence electrons. The SMILES string of the molecule is O=S(=O)(C1=C(S(=O)(=O)c2ccccc2)C2CC1C13C4CCC(C4)C21N3c1ccccc1)c1ccccc1. The molecule has 6 unspecified atom stereocenters. The molecule has 4 bridgehead atoms. The van der Waals surface area contributed by atoms with Gasteiger partial charge >= 0.3 is 0 Å². The summed E-state index contributed by atoms with van der Waals surface area (Å²) in [5.41, 5.74) is 0.465. The van der Waals surface area contributed by atoms with Crippen molar-refractivity contribution < 1.29 is 16.8 Å². The number of anilines is 1. The molecule has 4 aliphatic carbocycles. The molecule has 7 heteroatoms. The normalized spacial score (nSPS) is 35.1. The third-order valence-corrected chi connectivity index (χ3v) is 14.2. The number of hydrogen-bond acceptors (Lipinski definition) is 5. The highest BCUT2D eigenvalue weighted by molar-refractivity contribution is 7.99. The maximum Gasteiger partial charge on any atom is 0.204 e. The van der Waals surface area contributed by atoms with E-state index in [1.807, 2.05) is 18.2 Å². The molecule has 8 rings (SSSR count). The number of piperidine rings is 2. The number of benzene rings is 3. The van der Waals surface area contributed by atoms with Gasteiger partial charge in [0.1, 0.15) is 0 Å². The van der Waals surface area contributed by atoms with Crippen LogP contribution in [0.5, 0.6) is 0 Å². The second-order valence-corrected chi connectivity index (χ2v) is 15.1. The van der Waals surface area contributed by atoms with Gasteiger partial charge in [0.15, 0.2) is 0 Å². The first kappa shape index (κ1) is 22.1. The van der Waals surface area contributed by atoms with E-state index >= 15 is 0 Å². The van der Waals surface area contributed by atoms with E-state index in [4.69, 9.17) is 0 Å². The van der Waals surface area contributed by atoms with Crippen LogP contribution < -0.4 is 4.90 Å². The second kappa shape index (κ2) is 6.94. The van der Waals surface area contributed by atoms with E-state index in [0.29, 0.717) is 18.3 Å². The van der Waals surface area contributed by atoms with Crippen LogP contribution in [0.3, 0.4) is 0 Å². The fourth-order valence-electron chi connectivity index (χ4n) is 9.32. The van der Waals surface area contributed by atoms with Crippen molar-refractivity contribution in [3.8, 4) is 0 Å². The topological polar surface area (TPSA) is 71.3 Å². The molecule has 3 saturated carbocycles. The molecule has 0 aromatic heterocycles. The van der Waals surface area contributed by atoms with Crippen LogP contribution in [0, 0.1) is 23.7 Å². The summed E-state index contributed by atoms with van der Waals surface area (Å²) in [6.45, 7) is 0. The average Bonchev–Trinajstić information content (AvgIpc) is 3.39. The predicted octanol–water partition coefficient (Wildman–Crippen LogP) is 5.22. The van der Waals surface area contributed by atoms with Gasteiger partial charge in [-0.3, -0.25) is 0 Å². The molecular formula is C30H27NO4S2. The minimum atomic E-state index is -4.01. The summed E-state index contributed by atoms with van der Waals surface area (Å²) in [4.78, 5) is 3.15. The van der Waals surface area contributed by atoms with Gasteiger partial charge in [-0.2, -0.15) is 0 Å². The van der Waals surface area contributed by atoms with Crippen molar-refractivity contribution in [1.82, 2.24) is 0 Å². The quantitative estimate of drug-likeness (QED) is 0.424. The molecule has 5 nitrogen and oxygen atoms in total. The second-order valence-electron chi connectivity index (χ2n) is 11.2. The van der Waals surface area contributed by atoms with Crippen LogP contribution in [-0.2, 0) is 19.7 Å². The first-order valence-electron chi connectivity index (χ1n) is 13.1. The molecular weight excluding hydrogens is 502 g/mol. The van der Waals surface area contributed by atoms with E-state index in [0.717, 1.165) is 24.9 Å². The fourth-order valence-corrected chi connectivity index (χ4v) is 13.6. The lowest BCUT2D eigenvalue weighted by Gasteiger charge is -2.32. The Morgan fingerprint density at radius 1 is 0.568 bits per heavy atom. The smallest absolute Gasteiger partial charge is 0.204 e.